The van der Waals surface area contributed by atoms with E-state index in [1.54, 1.807) is 30.3 Å². The zero-order chi connectivity index (χ0) is 33.3. The van der Waals surface area contributed by atoms with E-state index in [2.05, 4.69) is 19.2 Å². The first-order valence-corrected chi connectivity index (χ1v) is 19.4. The van der Waals surface area contributed by atoms with Crippen molar-refractivity contribution >= 4 is 11.9 Å². The van der Waals surface area contributed by atoms with Gasteiger partial charge in [-0.3, -0.25) is 4.79 Å². The topological polar surface area (TPSA) is 75.6 Å². The molecule has 2 atom stereocenters. The summed E-state index contributed by atoms with van der Waals surface area (Å²) in [5.74, 6) is -0.546. The summed E-state index contributed by atoms with van der Waals surface area (Å²) in [5, 5.41) is 13.9. The Hall–Kier alpha value is -2.14. The van der Waals surface area contributed by atoms with Gasteiger partial charge in [-0.05, 0) is 31.4 Å². The standard InChI is InChI=1S/C41H71NO4/c1-3-5-7-9-11-13-15-17-19-21-23-25-30-34-39(43)38(36-46-41(45)37-32-28-27-29-33-37)42-40(44)35-31-26-24-22-20-18-16-14-12-10-8-6-4-2/h27-30,32-34,38-39,43H,3-26,31,35-36H2,1-2H3,(H,42,44)/b34-30+/t38-,39+/m0/s1. The average Bonchev–Trinajstić information content (AvgIpc) is 3.07. The molecule has 0 unspecified atom stereocenters. The van der Waals surface area contributed by atoms with Crippen molar-refractivity contribution in [1.29, 1.82) is 0 Å². The third kappa shape index (κ3) is 25.0. The Bertz CT molecular complexity index is 855. The Kier molecular flexibility index (Phi) is 28.6. The van der Waals surface area contributed by atoms with E-state index < -0.39 is 18.1 Å². The molecule has 1 aromatic carbocycles. The van der Waals surface area contributed by atoms with Crippen LogP contribution in [0.5, 0.6) is 0 Å². The number of hydrogen-bond acceptors (Lipinski definition) is 4. The number of hydrogen-bond donors (Lipinski definition) is 2. The van der Waals surface area contributed by atoms with Gasteiger partial charge in [0.2, 0.25) is 5.91 Å². The summed E-state index contributed by atoms with van der Waals surface area (Å²) in [6.45, 7) is 4.46. The zero-order valence-electron chi connectivity index (χ0n) is 30.0. The minimum atomic E-state index is -0.910. The van der Waals surface area contributed by atoms with Crippen molar-refractivity contribution in [2.75, 3.05) is 6.61 Å². The molecule has 0 spiro atoms. The normalized spacial score (nSPS) is 12.8. The van der Waals surface area contributed by atoms with Crippen LogP contribution in [0.2, 0.25) is 0 Å². The van der Waals surface area contributed by atoms with Crippen LogP contribution in [-0.4, -0.2) is 35.7 Å². The van der Waals surface area contributed by atoms with Crippen LogP contribution < -0.4 is 5.32 Å². The Morgan fingerprint density at radius 1 is 0.652 bits per heavy atom. The minimum Gasteiger partial charge on any atom is -0.460 e. The Labute approximate surface area is 283 Å². The van der Waals surface area contributed by atoms with E-state index in [0.29, 0.717) is 12.0 Å². The zero-order valence-corrected chi connectivity index (χ0v) is 30.0. The molecule has 1 rings (SSSR count). The molecule has 0 saturated heterocycles. The molecular weight excluding hydrogens is 570 g/mol. The van der Waals surface area contributed by atoms with Crippen molar-refractivity contribution in [3.8, 4) is 0 Å². The molecule has 0 saturated carbocycles. The predicted octanol–water partition coefficient (Wildman–Crippen LogP) is 11.4. The van der Waals surface area contributed by atoms with Crippen LogP contribution in [0, 0.1) is 0 Å². The van der Waals surface area contributed by atoms with Gasteiger partial charge in [-0.15, -0.1) is 0 Å². The number of aliphatic hydroxyl groups excluding tert-OH is 1. The highest BCUT2D eigenvalue weighted by molar-refractivity contribution is 5.89. The lowest BCUT2D eigenvalue weighted by atomic mass is 10.0. The van der Waals surface area contributed by atoms with Crippen molar-refractivity contribution in [2.45, 2.75) is 193 Å². The van der Waals surface area contributed by atoms with Gasteiger partial charge < -0.3 is 15.2 Å². The van der Waals surface area contributed by atoms with Crippen LogP contribution in [0.3, 0.4) is 0 Å². The molecule has 1 amide bonds. The van der Waals surface area contributed by atoms with Gasteiger partial charge in [0, 0.05) is 6.42 Å². The van der Waals surface area contributed by atoms with Crippen LogP contribution in [0.25, 0.3) is 0 Å². The van der Waals surface area contributed by atoms with E-state index in [9.17, 15) is 14.7 Å². The number of aliphatic hydroxyl groups is 1. The lowest BCUT2D eigenvalue weighted by molar-refractivity contribution is -0.123. The summed E-state index contributed by atoms with van der Waals surface area (Å²) in [6, 6.07) is 8.16. The smallest absolute Gasteiger partial charge is 0.338 e. The molecule has 0 aliphatic rings. The number of allylic oxidation sites excluding steroid dienone is 1. The second-order valence-corrected chi connectivity index (χ2v) is 13.4. The first-order chi connectivity index (χ1) is 22.6. The van der Waals surface area contributed by atoms with Gasteiger partial charge in [0.15, 0.2) is 0 Å². The second-order valence-electron chi connectivity index (χ2n) is 13.4. The van der Waals surface area contributed by atoms with E-state index in [1.807, 2.05) is 12.1 Å². The fourth-order valence-electron chi connectivity index (χ4n) is 5.93. The highest BCUT2D eigenvalue weighted by Gasteiger charge is 2.21. The largest absolute Gasteiger partial charge is 0.460 e. The highest BCUT2D eigenvalue weighted by atomic mass is 16.5. The third-order valence-electron chi connectivity index (χ3n) is 8.98. The summed E-state index contributed by atoms with van der Waals surface area (Å²) in [6.07, 6.45) is 35.0. The minimum absolute atomic E-state index is 0.0674. The van der Waals surface area contributed by atoms with Gasteiger partial charge in [-0.1, -0.05) is 185 Å². The predicted molar refractivity (Wildman–Crippen MR) is 195 cm³/mol. The third-order valence-corrected chi connectivity index (χ3v) is 8.98. The molecule has 0 aliphatic carbocycles. The molecule has 0 radical (unpaired) electrons. The van der Waals surface area contributed by atoms with Gasteiger partial charge in [0.1, 0.15) is 6.61 Å². The molecule has 264 valence electrons. The van der Waals surface area contributed by atoms with Crippen molar-refractivity contribution in [3.63, 3.8) is 0 Å². The van der Waals surface area contributed by atoms with Crippen molar-refractivity contribution < 1.29 is 19.4 Å². The number of carbonyl (C=O) groups is 2. The summed E-state index contributed by atoms with van der Waals surface area (Å²) >= 11 is 0. The average molecular weight is 642 g/mol. The SMILES string of the molecule is CCCCCCCCCCCCC/C=C/[C@@H](O)[C@H](COC(=O)c1ccccc1)NC(=O)CCCCCCCCCCCCCCC. The molecule has 0 aromatic heterocycles. The van der Waals surface area contributed by atoms with Crippen LogP contribution in [0.4, 0.5) is 0 Å². The van der Waals surface area contributed by atoms with Crippen LogP contribution in [-0.2, 0) is 9.53 Å². The quantitative estimate of drug-likeness (QED) is 0.0466. The van der Waals surface area contributed by atoms with Gasteiger partial charge in [-0.25, -0.2) is 4.79 Å². The molecule has 0 heterocycles. The maximum absolute atomic E-state index is 12.8. The van der Waals surface area contributed by atoms with E-state index in [4.69, 9.17) is 4.74 Å². The number of benzene rings is 1. The molecule has 0 aliphatic heterocycles. The van der Waals surface area contributed by atoms with Crippen molar-refractivity contribution in [2.24, 2.45) is 0 Å². The van der Waals surface area contributed by atoms with Crippen LogP contribution >= 0.6 is 0 Å². The molecule has 46 heavy (non-hydrogen) atoms. The lowest BCUT2D eigenvalue weighted by Gasteiger charge is -2.22. The molecule has 0 fully saturated rings. The van der Waals surface area contributed by atoms with Crippen LogP contribution in [0.1, 0.15) is 191 Å². The van der Waals surface area contributed by atoms with Gasteiger partial charge in [-0.2, -0.15) is 0 Å². The summed E-state index contributed by atoms with van der Waals surface area (Å²) in [7, 11) is 0. The Morgan fingerprint density at radius 3 is 1.57 bits per heavy atom. The molecule has 2 N–H and O–H groups in total. The molecular formula is C41H71NO4. The van der Waals surface area contributed by atoms with Crippen molar-refractivity contribution in [3.05, 3.63) is 48.0 Å². The highest BCUT2D eigenvalue weighted by Crippen LogP contribution is 2.14. The number of nitrogens with one attached hydrogen (secondary N) is 1. The first kappa shape index (κ1) is 41.9. The van der Waals surface area contributed by atoms with Gasteiger partial charge in [0.25, 0.3) is 0 Å². The number of carbonyl (C=O) groups excluding carboxylic acids is 2. The lowest BCUT2D eigenvalue weighted by Crippen LogP contribution is -2.46. The molecule has 0 bridgehead atoms. The van der Waals surface area contributed by atoms with E-state index in [-0.39, 0.29) is 12.5 Å². The van der Waals surface area contributed by atoms with E-state index >= 15 is 0 Å². The second kappa shape index (κ2) is 31.5. The monoisotopic (exact) mass is 642 g/mol. The van der Waals surface area contributed by atoms with Gasteiger partial charge >= 0.3 is 5.97 Å². The number of ether oxygens (including phenoxy) is 1. The summed E-state index contributed by atoms with van der Waals surface area (Å²) < 4.78 is 5.51. The first-order valence-electron chi connectivity index (χ1n) is 19.4. The number of unbranched alkanes of at least 4 members (excludes halogenated alkanes) is 23. The molecule has 5 heteroatoms. The molecule has 1 aromatic rings. The fraction of sp³-hybridized carbons (Fsp3) is 0.756. The fourth-order valence-corrected chi connectivity index (χ4v) is 5.93. The maximum atomic E-state index is 12.8. The number of rotatable bonds is 32. The van der Waals surface area contributed by atoms with E-state index in [1.165, 1.54) is 128 Å². The Balaban J connectivity index is 2.31. The van der Waals surface area contributed by atoms with Crippen LogP contribution in [0.15, 0.2) is 42.5 Å². The van der Waals surface area contributed by atoms with Gasteiger partial charge in [0.05, 0.1) is 17.7 Å². The van der Waals surface area contributed by atoms with Crippen molar-refractivity contribution in [1.82, 2.24) is 5.32 Å². The molecule has 5 nitrogen and oxygen atoms in total. The maximum Gasteiger partial charge on any atom is 0.338 e. The summed E-state index contributed by atoms with van der Waals surface area (Å²) in [5.41, 5.74) is 0.459. The number of esters is 1. The number of amides is 1. The Morgan fingerprint density at radius 2 is 1.09 bits per heavy atom. The summed E-state index contributed by atoms with van der Waals surface area (Å²) in [4.78, 5) is 25.3. The van der Waals surface area contributed by atoms with E-state index in [0.717, 1.165) is 32.1 Å².